The van der Waals surface area contributed by atoms with Gasteiger partial charge >= 0.3 is 0 Å². The summed E-state index contributed by atoms with van der Waals surface area (Å²) in [5, 5.41) is 7.11. The summed E-state index contributed by atoms with van der Waals surface area (Å²) in [5.74, 6) is 0. The largest absolute Gasteiger partial charge is 0.356 e. The quantitative estimate of drug-likeness (QED) is 0.301. The van der Waals surface area contributed by atoms with E-state index in [4.69, 9.17) is 4.74 Å². The molecule has 156 valence electrons. The molecule has 0 heterocycles. The third-order valence-corrected chi connectivity index (χ3v) is 5.18. The van der Waals surface area contributed by atoms with Crippen LogP contribution in [0.5, 0.6) is 0 Å². The molecule has 0 radical (unpaired) electrons. The number of benzene rings is 4. The molecule has 2 atom stereocenters. The van der Waals surface area contributed by atoms with Gasteiger partial charge in [-0.05, 0) is 38.1 Å². The van der Waals surface area contributed by atoms with E-state index in [1.807, 2.05) is 36.4 Å². The first kappa shape index (κ1) is 20.7. The van der Waals surface area contributed by atoms with Gasteiger partial charge in [-0.1, -0.05) is 96.1 Å². The molecule has 31 heavy (non-hydrogen) atoms. The SMILES string of the molecule is Cc1ccc(NC(OC(Nc2ccc(C)cc2)c2ccccc2)c2ccccc2)cc1. The zero-order valence-corrected chi connectivity index (χ0v) is 18.0. The normalized spacial score (nSPS) is 12.7. The molecule has 4 rings (SSSR count). The predicted molar refractivity (Wildman–Crippen MR) is 129 cm³/mol. The lowest BCUT2D eigenvalue weighted by Crippen LogP contribution is -2.22. The van der Waals surface area contributed by atoms with Crippen LogP contribution >= 0.6 is 0 Å². The maximum absolute atomic E-state index is 6.67. The molecular formula is C28H28N2O. The van der Waals surface area contributed by atoms with Crippen molar-refractivity contribution in [1.82, 2.24) is 0 Å². The summed E-state index contributed by atoms with van der Waals surface area (Å²) in [6.45, 7) is 4.18. The van der Waals surface area contributed by atoms with Gasteiger partial charge in [-0.3, -0.25) is 0 Å². The van der Waals surface area contributed by atoms with Crippen molar-refractivity contribution in [2.45, 2.75) is 26.3 Å². The fourth-order valence-electron chi connectivity index (χ4n) is 3.39. The van der Waals surface area contributed by atoms with Crippen LogP contribution in [0.2, 0.25) is 0 Å². The van der Waals surface area contributed by atoms with Crippen LogP contribution in [0.1, 0.15) is 34.7 Å². The average molecular weight is 409 g/mol. The number of hydrogen-bond acceptors (Lipinski definition) is 3. The number of rotatable bonds is 8. The Bertz CT molecular complexity index is 973. The van der Waals surface area contributed by atoms with Crippen LogP contribution in [0.3, 0.4) is 0 Å². The maximum Gasteiger partial charge on any atom is 0.157 e. The van der Waals surface area contributed by atoms with Crippen molar-refractivity contribution in [2.75, 3.05) is 10.6 Å². The van der Waals surface area contributed by atoms with Gasteiger partial charge < -0.3 is 15.4 Å². The van der Waals surface area contributed by atoms with Crippen LogP contribution in [-0.4, -0.2) is 0 Å². The van der Waals surface area contributed by atoms with E-state index in [0.717, 1.165) is 22.5 Å². The maximum atomic E-state index is 6.67. The Morgan fingerprint density at radius 3 is 1.19 bits per heavy atom. The van der Waals surface area contributed by atoms with Crippen molar-refractivity contribution in [3.63, 3.8) is 0 Å². The highest BCUT2D eigenvalue weighted by Gasteiger charge is 2.20. The Labute approximate surface area is 184 Å². The van der Waals surface area contributed by atoms with Gasteiger partial charge in [0.2, 0.25) is 0 Å². The Balaban J connectivity index is 1.64. The van der Waals surface area contributed by atoms with E-state index < -0.39 is 0 Å². The molecule has 3 heteroatoms. The van der Waals surface area contributed by atoms with Gasteiger partial charge in [-0.25, -0.2) is 0 Å². The van der Waals surface area contributed by atoms with E-state index in [9.17, 15) is 0 Å². The molecular weight excluding hydrogens is 380 g/mol. The topological polar surface area (TPSA) is 33.3 Å². The predicted octanol–water partition coefficient (Wildman–Crippen LogP) is 7.24. The molecule has 2 unspecified atom stereocenters. The van der Waals surface area contributed by atoms with E-state index in [1.165, 1.54) is 11.1 Å². The van der Waals surface area contributed by atoms with Crippen LogP contribution in [0.15, 0.2) is 109 Å². The molecule has 0 saturated carbocycles. The van der Waals surface area contributed by atoms with Crippen molar-refractivity contribution >= 4 is 11.4 Å². The van der Waals surface area contributed by atoms with Crippen molar-refractivity contribution < 1.29 is 4.74 Å². The molecule has 0 bridgehead atoms. The van der Waals surface area contributed by atoms with Crippen molar-refractivity contribution in [3.8, 4) is 0 Å². The van der Waals surface area contributed by atoms with Gasteiger partial charge in [0, 0.05) is 22.5 Å². The molecule has 4 aromatic rings. The summed E-state index contributed by atoms with van der Waals surface area (Å²) < 4.78 is 6.67. The van der Waals surface area contributed by atoms with E-state index in [2.05, 4.69) is 97.3 Å². The smallest absolute Gasteiger partial charge is 0.157 e. The van der Waals surface area contributed by atoms with Crippen LogP contribution in [0.25, 0.3) is 0 Å². The van der Waals surface area contributed by atoms with Gasteiger partial charge in [0.05, 0.1) is 0 Å². The molecule has 0 spiro atoms. The molecule has 0 aromatic heterocycles. The first-order chi connectivity index (χ1) is 15.2. The summed E-state index contributed by atoms with van der Waals surface area (Å²) in [5.41, 5.74) is 6.62. The second-order valence-corrected chi connectivity index (χ2v) is 7.74. The van der Waals surface area contributed by atoms with E-state index in [1.54, 1.807) is 0 Å². The van der Waals surface area contributed by atoms with E-state index in [-0.39, 0.29) is 12.5 Å². The van der Waals surface area contributed by atoms with Crippen molar-refractivity contribution in [3.05, 3.63) is 131 Å². The number of nitrogens with one attached hydrogen (secondary N) is 2. The molecule has 0 aliphatic rings. The Hall–Kier alpha value is -3.56. The minimum absolute atomic E-state index is 0.327. The van der Waals surface area contributed by atoms with Gasteiger partial charge in [0.1, 0.15) is 0 Å². The van der Waals surface area contributed by atoms with Gasteiger partial charge in [-0.2, -0.15) is 0 Å². The second-order valence-electron chi connectivity index (χ2n) is 7.74. The standard InChI is InChI=1S/C28H28N2O/c1-21-13-17-25(18-14-21)29-27(23-9-5-3-6-10-23)31-28(24-11-7-4-8-12-24)30-26-19-15-22(2)16-20-26/h3-20,27-30H,1-2H3. The zero-order valence-electron chi connectivity index (χ0n) is 18.0. The summed E-state index contributed by atoms with van der Waals surface area (Å²) in [6.07, 6.45) is -0.654. The lowest BCUT2D eigenvalue weighted by atomic mass is 10.1. The highest BCUT2D eigenvalue weighted by atomic mass is 16.5. The van der Waals surface area contributed by atoms with Crippen LogP contribution < -0.4 is 10.6 Å². The fourth-order valence-corrected chi connectivity index (χ4v) is 3.39. The van der Waals surface area contributed by atoms with Crippen LogP contribution in [-0.2, 0) is 4.74 Å². The van der Waals surface area contributed by atoms with Gasteiger partial charge in [-0.15, -0.1) is 0 Å². The zero-order chi connectivity index (χ0) is 21.5. The van der Waals surface area contributed by atoms with E-state index in [0.29, 0.717) is 0 Å². The number of aryl methyl sites for hydroxylation is 2. The third kappa shape index (κ3) is 5.74. The molecule has 0 aliphatic carbocycles. The highest BCUT2D eigenvalue weighted by molar-refractivity contribution is 5.48. The number of hydrogen-bond donors (Lipinski definition) is 2. The molecule has 0 amide bonds. The highest BCUT2D eigenvalue weighted by Crippen LogP contribution is 2.29. The Kier molecular flexibility index (Phi) is 6.65. The summed E-state index contributed by atoms with van der Waals surface area (Å²) in [4.78, 5) is 0. The second kappa shape index (κ2) is 9.96. The number of ether oxygens (including phenoxy) is 1. The van der Waals surface area contributed by atoms with Gasteiger partial charge in [0.25, 0.3) is 0 Å². The first-order valence-electron chi connectivity index (χ1n) is 10.6. The molecule has 0 aliphatic heterocycles. The summed E-state index contributed by atoms with van der Waals surface area (Å²) in [7, 11) is 0. The summed E-state index contributed by atoms with van der Waals surface area (Å²) >= 11 is 0. The Morgan fingerprint density at radius 1 is 0.484 bits per heavy atom. The molecule has 4 aromatic carbocycles. The number of anilines is 2. The Morgan fingerprint density at radius 2 is 0.839 bits per heavy atom. The lowest BCUT2D eigenvalue weighted by Gasteiger charge is -2.28. The molecule has 0 fully saturated rings. The van der Waals surface area contributed by atoms with Crippen molar-refractivity contribution in [1.29, 1.82) is 0 Å². The van der Waals surface area contributed by atoms with E-state index >= 15 is 0 Å². The van der Waals surface area contributed by atoms with Crippen LogP contribution in [0.4, 0.5) is 11.4 Å². The minimum Gasteiger partial charge on any atom is -0.356 e. The van der Waals surface area contributed by atoms with Crippen LogP contribution in [0, 0.1) is 13.8 Å². The fraction of sp³-hybridized carbons (Fsp3) is 0.143. The molecule has 2 N–H and O–H groups in total. The van der Waals surface area contributed by atoms with Gasteiger partial charge in [0.15, 0.2) is 12.5 Å². The first-order valence-corrected chi connectivity index (χ1v) is 10.6. The average Bonchev–Trinajstić information content (AvgIpc) is 2.82. The molecule has 3 nitrogen and oxygen atoms in total. The third-order valence-electron chi connectivity index (χ3n) is 5.18. The summed E-state index contributed by atoms with van der Waals surface area (Å²) in [6, 6.07) is 37.2. The minimum atomic E-state index is -0.327. The molecule has 0 saturated heterocycles. The lowest BCUT2D eigenvalue weighted by molar-refractivity contribution is 0.0167. The monoisotopic (exact) mass is 408 g/mol. The van der Waals surface area contributed by atoms with Crippen molar-refractivity contribution in [2.24, 2.45) is 0 Å².